The van der Waals surface area contributed by atoms with Gasteiger partial charge in [0, 0.05) is 13.2 Å². The van der Waals surface area contributed by atoms with Crippen LogP contribution in [0, 0.1) is 0 Å². The van der Waals surface area contributed by atoms with E-state index in [4.69, 9.17) is 4.74 Å². The third kappa shape index (κ3) is 3.20. The fourth-order valence-corrected chi connectivity index (χ4v) is 2.10. The van der Waals surface area contributed by atoms with Crippen LogP contribution in [0.25, 0.3) is 5.69 Å². The van der Waals surface area contributed by atoms with Crippen molar-refractivity contribution in [3.05, 3.63) is 54.0 Å². The number of carbonyl (C=O) groups is 1. The van der Waals surface area contributed by atoms with Gasteiger partial charge in [0.1, 0.15) is 11.3 Å². The molecule has 8 nitrogen and oxygen atoms in total. The van der Waals surface area contributed by atoms with Gasteiger partial charge in [0.25, 0.3) is 5.91 Å². The van der Waals surface area contributed by atoms with Gasteiger partial charge in [-0.3, -0.25) is 9.48 Å². The van der Waals surface area contributed by atoms with E-state index in [0.29, 0.717) is 11.3 Å². The molecular weight excluding hydrogens is 296 g/mol. The highest BCUT2D eigenvalue weighted by Gasteiger charge is 2.16. The summed E-state index contributed by atoms with van der Waals surface area (Å²) < 4.78 is 6.60. The number of methoxy groups -OCH3 is 1. The van der Waals surface area contributed by atoms with Crippen LogP contribution >= 0.6 is 0 Å². The van der Waals surface area contributed by atoms with Crippen LogP contribution in [0.5, 0.6) is 5.88 Å². The Morgan fingerprint density at radius 3 is 2.78 bits per heavy atom. The standard InChI is InChI=1S/C15H16N6O2/c1-20-10-13(15(19-20)23-2)14(22)16-8-11-9-17-21(18-11)12-6-4-3-5-7-12/h3-7,9-10H,8H2,1-2H3,(H,16,22). The van der Waals surface area contributed by atoms with Gasteiger partial charge in [-0.25, -0.2) is 0 Å². The van der Waals surface area contributed by atoms with E-state index in [2.05, 4.69) is 20.6 Å². The predicted molar refractivity (Wildman–Crippen MR) is 82.3 cm³/mol. The summed E-state index contributed by atoms with van der Waals surface area (Å²) in [6, 6.07) is 9.56. The van der Waals surface area contributed by atoms with E-state index in [1.165, 1.54) is 16.6 Å². The van der Waals surface area contributed by atoms with Crippen LogP contribution < -0.4 is 10.1 Å². The molecule has 2 aromatic heterocycles. The number of nitrogens with one attached hydrogen (secondary N) is 1. The van der Waals surface area contributed by atoms with E-state index in [9.17, 15) is 4.79 Å². The lowest BCUT2D eigenvalue weighted by atomic mass is 10.3. The molecule has 0 unspecified atom stereocenters. The number of amides is 1. The normalized spacial score (nSPS) is 10.5. The summed E-state index contributed by atoms with van der Waals surface area (Å²) in [6.45, 7) is 0.268. The zero-order chi connectivity index (χ0) is 16.2. The van der Waals surface area contributed by atoms with Crippen molar-refractivity contribution in [3.8, 4) is 11.6 Å². The van der Waals surface area contributed by atoms with Gasteiger partial charge >= 0.3 is 0 Å². The summed E-state index contributed by atoms with van der Waals surface area (Å²) in [7, 11) is 3.20. The first-order valence-corrected chi connectivity index (χ1v) is 7.00. The Morgan fingerprint density at radius 1 is 1.26 bits per heavy atom. The number of benzene rings is 1. The second kappa shape index (κ2) is 6.30. The minimum Gasteiger partial charge on any atom is -0.479 e. The Bertz CT molecular complexity index is 808. The van der Waals surface area contributed by atoms with Gasteiger partial charge in [0.05, 0.1) is 25.5 Å². The lowest BCUT2D eigenvalue weighted by molar-refractivity contribution is 0.0947. The second-order valence-electron chi connectivity index (χ2n) is 4.87. The van der Waals surface area contributed by atoms with Crippen molar-refractivity contribution in [2.75, 3.05) is 7.11 Å². The Hall–Kier alpha value is -3.16. The molecule has 23 heavy (non-hydrogen) atoms. The van der Waals surface area contributed by atoms with E-state index >= 15 is 0 Å². The molecule has 3 aromatic rings. The highest BCUT2D eigenvalue weighted by Crippen LogP contribution is 2.14. The number of rotatable bonds is 5. The third-order valence-electron chi connectivity index (χ3n) is 3.19. The molecule has 118 valence electrons. The summed E-state index contributed by atoms with van der Waals surface area (Å²) in [5.74, 6) is 0.0159. The Morgan fingerprint density at radius 2 is 2.04 bits per heavy atom. The van der Waals surface area contributed by atoms with E-state index in [1.807, 2.05) is 30.3 Å². The molecule has 0 bridgehead atoms. The number of ether oxygens (including phenoxy) is 1. The van der Waals surface area contributed by atoms with E-state index in [-0.39, 0.29) is 18.3 Å². The molecule has 8 heteroatoms. The topological polar surface area (TPSA) is 86.9 Å². The van der Waals surface area contributed by atoms with Crippen molar-refractivity contribution in [1.29, 1.82) is 0 Å². The molecule has 0 aliphatic heterocycles. The number of hydrogen-bond donors (Lipinski definition) is 1. The molecule has 0 radical (unpaired) electrons. The second-order valence-corrected chi connectivity index (χ2v) is 4.87. The van der Waals surface area contributed by atoms with Crippen LogP contribution in [-0.2, 0) is 13.6 Å². The van der Waals surface area contributed by atoms with Crippen LogP contribution in [0.4, 0.5) is 0 Å². The summed E-state index contributed by atoms with van der Waals surface area (Å²) in [5, 5.41) is 15.4. The summed E-state index contributed by atoms with van der Waals surface area (Å²) >= 11 is 0. The maximum atomic E-state index is 12.2. The highest BCUT2D eigenvalue weighted by atomic mass is 16.5. The van der Waals surface area contributed by atoms with Crippen molar-refractivity contribution in [3.63, 3.8) is 0 Å². The number of hydrogen-bond acceptors (Lipinski definition) is 5. The molecule has 3 rings (SSSR count). The van der Waals surface area contributed by atoms with Crippen molar-refractivity contribution in [1.82, 2.24) is 30.1 Å². The van der Waals surface area contributed by atoms with Gasteiger partial charge in [-0.15, -0.1) is 5.10 Å². The molecule has 1 amide bonds. The average Bonchev–Trinajstić information content (AvgIpc) is 3.20. The number of para-hydroxylation sites is 1. The van der Waals surface area contributed by atoms with Crippen LogP contribution in [0.1, 0.15) is 16.1 Å². The van der Waals surface area contributed by atoms with Gasteiger partial charge in [0.2, 0.25) is 5.88 Å². The molecule has 2 heterocycles. The maximum Gasteiger partial charge on any atom is 0.258 e. The summed E-state index contributed by atoms with van der Waals surface area (Å²) in [5.41, 5.74) is 1.90. The molecule has 1 aromatic carbocycles. The monoisotopic (exact) mass is 312 g/mol. The zero-order valence-electron chi connectivity index (χ0n) is 12.8. The Balaban J connectivity index is 1.67. The predicted octanol–water partition coefficient (Wildman–Crippen LogP) is 0.939. The third-order valence-corrected chi connectivity index (χ3v) is 3.19. The molecule has 0 aliphatic rings. The zero-order valence-corrected chi connectivity index (χ0v) is 12.8. The molecule has 0 fully saturated rings. The highest BCUT2D eigenvalue weighted by molar-refractivity contribution is 5.96. The van der Waals surface area contributed by atoms with E-state index in [0.717, 1.165) is 5.69 Å². The van der Waals surface area contributed by atoms with Crippen LogP contribution in [-0.4, -0.2) is 37.8 Å². The minimum atomic E-state index is -0.274. The lowest BCUT2D eigenvalue weighted by Crippen LogP contribution is -2.23. The first-order valence-electron chi connectivity index (χ1n) is 7.00. The van der Waals surface area contributed by atoms with Gasteiger partial charge in [-0.1, -0.05) is 18.2 Å². The van der Waals surface area contributed by atoms with Crippen molar-refractivity contribution in [2.45, 2.75) is 6.54 Å². The lowest BCUT2D eigenvalue weighted by Gasteiger charge is -2.02. The smallest absolute Gasteiger partial charge is 0.258 e. The van der Waals surface area contributed by atoms with Crippen molar-refractivity contribution in [2.24, 2.45) is 7.05 Å². The van der Waals surface area contributed by atoms with Crippen LogP contribution in [0.3, 0.4) is 0 Å². The molecule has 0 atom stereocenters. The number of aryl methyl sites for hydroxylation is 1. The Labute approximate surface area is 132 Å². The molecule has 0 aliphatic carbocycles. The van der Waals surface area contributed by atoms with Crippen LogP contribution in [0.2, 0.25) is 0 Å². The first kappa shape index (κ1) is 14.8. The van der Waals surface area contributed by atoms with E-state index in [1.54, 1.807) is 19.4 Å². The number of nitrogens with zero attached hydrogens (tertiary/aromatic N) is 5. The molecule has 0 saturated carbocycles. The molecule has 0 saturated heterocycles. The molecular formula is C15H16N6O2. The Kier molecular flexibility index (Phi) is 4.05. The van der Waals surface area contributed by atoms with E-state index < -0.39 is 0 Å². The summed E-state index contributed by atoms with van der Waals surface area (Å²) in [4.78, 5) is 13.7. The summed E-state index contributed by atoms with van der Waals surface area (Å²) in [6.07, 6.45) is 3.22. The fourth-order valence-electron chi connectivity index (χ4n) is 2.10. The van der Waals surface area contributed by atoms with Gasteiger partial charge in [0.15, 0.2) is 0 Å². The average molecular weight is 312 g/mol. The van der Waals surface area contributed by atoms with Gasteiger partial charge in [-0.05, 0) is 12.1 Å². The molecule has 1 N–H and O–H groups in total. The van der Waals surface area contributed by atoms with Gasteiger partial charge in [-0.2, -0.15) is 15.0 Å². The van der Waals surface area contributed by atoms with Gasteiger partial charge < -0.3 is 10.1 Å². The fraction of sp³-hybridized carbons (Fsp3) is 0.200. The molecule has 0 spiro atoms. The SMILES string of the molecule is COc1nn(C)cc1C(=O)NCc1cnn(-c2ccccc2)n1. The van der Waals surface area contributed by atoms with Crippen molar-refractivity contribution < 1.29 is 9.53 Å². The number of aromatic nitrogens is 5. The van der Waals surface area contributed by atoms with Crippen LogP contribution in [0.15, 0.2) is 42.7 Å². The van der Waals surface area contributed by atoms with Crippen molar-refractivity contribution >= 4 is 5.91 Å². The number of carbonyl (C=O) groups excluding carboxylic acids is 1. The first-order chi connectivity index (χ1) is 11.2. The quantitative estimate of drug-likeness (QED) is 0.757. The minimum absolute atomic E-state index is 0.268. The largest absolute Gasteiger partial charge is 0.479 e. The maximum absolute atomic E-state index is 12.2.